The number of carbonyl (C=O) groups excluding carboxylic acids is 2. The highest BCUT2D eigenvalue weighted by atomic mass is 19.1. The van der Waals surface area contributed by atoms with Crippen molar-refractivity contribution < 1.29 is 19.1 Å². The number of pyridine rings is 1. The van der Waals surface area contributed by atoms with E-state index in [1.165, 1.54) is 6.07 Å². The smallest absolute Gasteiger partial charge is 0.278 e. The standard InChI is InChI=1S/C47H56FN11O4/c1-5-21-58-45(62)36-25-49-46(54-43(36)59(58)40-15-7-32-17-20-47(63,6-2)42(32)52-40)51-33-8-11-35(12-9-33)56-26-29(3)57(30(4)27-56)28-31-18-22-55(23-19-31)39-14-10-34(24-37(39)48)50-38-13-16-41(60)53-44(38)61/h5,7-12,14-15,24-25,29-31,38,50,63H,1,6,13,16-23,26-28H2,2-4H3,(H,49,51,54)(H,53,60,61)/t29-,30+,38?,47-/m1/s1. The van der Waals surface area contributed by atoms with Crippen LogP contribution in [0.1, 0.15) is 70.6 Å². The lowest BCUT2D eigenvalue weighted by atomic mass is 9.93. The summed E-state index contributed by atoms with van der Waals surface area (Å²) in [5, 5.41) is 20.4. The summed E-state index contributed by atoms with van der Waals surface area (Å²) in [7, 11) is 0. The number of hydrogen-bond acceptors (Lipinski definition) is 12. The third-order valence-electron chi connectivity index (χ3n) is 13.5. The van der Waals surface area contributed by atoms with E-state index in [0.29, 0.717) is 77.1 Å². The number of amides is 2. The molecule has 1 unspecified atom stereocenters. The van der Waals surface area contributed by atoms with Crippen molar-refractivity contribution in [3.8, 4) is 5.82 Å². The van der Waals surface area contributed by atoms with E-state index in [1.54, 1.807) is 27.7 Å². The molecule has 5 aromatic rings. The summed E-state index contributed by atoms with van der Waals surface area (Å²) in [4.78, 5) is 58.6. The molecule has 9 rings (SSSR count). The molecule has 1 aliphatic carbocycles. The fourth-order valence-electron chi connectivity index (χ4n) is 9.97. The van der Waals surface area contributed by atoms with Gasteiger partial charge in [0.25, 0.3) is 5.56 Å². The highest BCUT2D eigenvalue weighted by molar-refractivity contribution is 6.01. The van der Waals surface area contributed by atoms with Gasteiger partial charge in [0.15, 0.2) is 11.5 Å². The second kappa shape index (κ2) is 17.2. The van der Waals surface area contributed by atoms with E-state index in [1.807, 2.05) is 37.3 Å². The lowest BCUT2D eigenvalue weighted by Gasteiger charge is -2.47. The summed E-state index contributed by atoms with van der Waals surface area (Å²) in [6.45, 7) is 15.0. The Bertz CT molecular complexity index is 2590. The zero-order chi connectivity index (χ0) is 44.0. The fraction of sp³-hybridized carbons (Fsp3) is 0.447. The van der Waals surface area contributed by atoms with Crippen molar-refractivity contribution in [2.45, 2.75) is 96.0 Å². The number of allylic oxidation sites excluding steroid dienone is 1. The van der Waals surface area contributed by atoms with E-state index in [2.05, 4.69) is 68.2 Å². The minimum absolute atomic E-state index is 0.246. The largest absolute Gasteiger partial charge is 0.384 e. The van der Waals surface area contributed by atoms with Crippen molar-refractivity contribution >= 4 is 51.5 Å². The first kappa shape index (κ1) is 42.2. The van der Waals surface area contributed by atoms with E-state index < -0.39 is 11.6 Å². The number of piperazine rings is 1. The third-order valence-corrected chi connectivity index (χ3v) is 13.5. The average molecular weight is 858 g/mol. The van der Waals surface area contributed by atoms with Crippen LogP contribution in [0, 0.1) is 11.7 Å². The number of rotatable bonds is 12. The number of halogens is 1. The van der Waals surface area contributed by atoms with Crippen LogP contribution in [0.4, 0.5) is 33.1 Å². The molecule has 4 N–H and O–H groups in total. The summed E-state index contributed by atoms with van der Waals surface area (Å²) in [5.74, 6) is 0.383. The van der Waals surface area contributed by atoms with Crippen LogP contribution in [-0.4, -0.2) is 97.0 Å². The summed E-state index contributed by atoms with van der Waals surface area (Å²) < 4.78 is 18.6. The molecule has 6 heterocycles. The highest BCUT2D eigenvalue weighted by Crippen LogP contribution is 2.39. The molecule has 63 heavy (non-hydrogen) atoms. The Hall–Kier alpha value is -6.13. The summed E-state index contributed by atoms with van der Waals surface area (Å²) in [6.07, 6.45) is 7.73. The molecule has 16 heteroatoms. The predicted octanol–water partition coefficient (Wildman–Crippen LogP) is 5.62. The van der Waals surface area contributed by atoms with Gasteiger partial charge in [0.1, 0.15) is 22.8 Å². The summed E-state index contributed by atoms with van der Waals surface area (Å²) in [6, 6.07) is 17.3. The quantitative estimate of drug-likeness (QED) is 0.0906. The van der Waals surface area contributed by atoms with E-state index in [0.717, 1.165) is 68.9 Å². The van der Waals surface area contributed by atoms with Gasteiger partial charge in [0.2, 0.25) is 17.8 Å². The number of hydrogen-bond donors (Lipinski definition) is 4. The Labute approximate surface area is 366 Å². The van der Waals surface area contributed by atoms with Crippen LogP contribution in [0.15, 0.2) is 78.2 Å². The number of nitrogens with one attached hydrogen (secondary N) is 3. The Balaban J connectivity index is 0.813. The van der Waals surface area contributed by atoms with Crippen molar-refractivity contribution in [2.24, 2.45) is 5.92 Å². The van der Waals surface area contributed by atoms with Crippen LogP contribution in [0.25, 0.3) is 16.9 Å². The van der Waals surface area contributed by atoms with Crippen molar-refractivity contribution in [1.82, 2.24) is 34.5 Å². The number of aryl methyl sites for hydroxylation is 1. The number of imide groups is 1. The normalized spacial score (nSPS) is 23.2. The van der Waals surface area contributed by atoms with Gasteiger partial charge in [-0.25, -0.2) is 23.7 Å². The molecule has 3 aromatic heterocycles. The van der Waals surface area contributed by atoms with E-state index >= 15 is 4.39 Å². The molecular formula is C47H56FN11O4. The Morgan fingerprint density at radius 1 is 0.952 bits per heavy atom. The molecule has 3 aliphatic heterocycles. The first-order valence-corrected chi connectivity index (χ1v) is 22.3. The lowest BCUT2D eigenvalue weighted by Crippen LogP contribution is -2.58. The van der Waals surface area contributed by atoms with Crippen molar-refractivity contribution in [3.63, 3.8) is 0 Å². The van der Waals surface area contributed by atoms with E-state index in [4.69, 9.17) is 9.97 Å². The van der Waals surface area contributed by atoms with Gasteiger partial charge < -0.3 is 25.5 Å². The number of anilines is 5. The maximum Gasteiger partial charge on any atom is 0.278 e. The van der Waals surface area contributed by atoms with Gasteiger partial charge >= 0.3 is 0 Å². The first-order valence-electron chi connectivity index (χ1n) is 22.3. The molecule has 0 spiro atoms. The summed E-state index contributed by atoms with van der Waals surface area (Å²) >= 11 is 0. The number of aromatic nitrogens is 5. The second-order valence-electron chi connectivity index (χ2n) is 17.7. The predicted molar refractivity (Wildman–Crippen MR) is 242 cm³/mol. The van der Waals surface area contributed by atoms with Crippen LogP contribution in [0.5, 0.6) is 0 Å². The first-order chi connectivity index (χ1) is 30.4. The van der Waals surface area contributed by atoms with Crippen LogP contribution >= 0.6 is 0 Å². The number of fused-ring (bicyclic) bond motifs is 2. The van der Waals surface area contributed by atoms with Crippen LogP contribution in [0.2, 0.25) is 0 Å². The van der Waals surface area contributed by atoms with Crippen molar-refractivity contribution in [1.29, 1.82) is 0 Å². The molecule has 15 nitrogen and oxygen atoms in total. The van der Waals surface area contributed by atoms with Crippen LogP contribution in [0.3, 0.4) is 0 Å². The SMILES string of the molecule is C=CCn1c(=O)c2cnc(Nc3ccc(N4C[C@@H](C)N(CC5CCN(c6ccc(NC7CCC(=O)NC7=O)cc6F)CC5)[C@@H](C)C4)cc3)nc2n1-c1ccc2c(n1)[C@@](O)(CC)CC2. The minimum Gasteiger partial charge on any atom is -0.384 e. The van der Waals surface area contributed by atoms with E-state index in [-0.39, 0.29) is 36.2 Å². The Morgan fingerprint density at radius 3 is 2.40 bits per heavy atom. The van der Waals surface area contributed by atoms with Gasteiger partial charge in [0, 0.05) is 74.5 Å². The molecule has 0 saturated carbocycles. The van der Waals surface area contributed by atoms with Crippen LogP contribution in [-0.2, 0) is 28.2 Å². The Morgan fingerprint density at radius 2 is 1.70 bits per heavy atom. The molecule has 4 atom stereocenters. The maximum atomic E-state index is 15.3. The average Bonchev–Trinajstić information content (AvgIpc) is 3.75. The topological polar surface area (TPSA) is 166 Å². The Kier molecular flexibility index (Phi) is 11.5. The second-order valence-corrected chi connectivity index (χ2v) is 17.7. The van der Waals surface area contributed by atoms with Gasteiger partial charge in [-0.15, -0.1) is 6.58 Å². The van der Waals surface area contributed by atoms with Crippen molar-refractivity contribution in [2.75, 3.05) is 53.2 Å². The lowest BCUT2D eigenvalue weighted by molar-refractivity contribution is -0.133. The number of benzene rings is 2. The van der Waals surface area contributed by atoms with Crippen molar-refractivity contribution in [3.05, 3.63) is 101 Å². The monoisotopic (exact) mass is 857 g/mol. The van der Waals surface area contributed by atoms with Gasteiger partial charge in [-0.05, 0) is 112 Å². The van der Waals surface area contributed by atoms with Gasteiger partial charge in [-0.2, -0.15) is 4.98 Å². The number of piperidine rings is 2. The zero-order valence-corrected chi connectivity index (χ0v) is 36.2. The molecule has 3 saturated heterocycles. The zero-order valence-electron chi connectivity index (χ0n) is 36.2. The van der Waals surface area contributed by atoms with Gasteiger partial charge in [-0.1, -0.05) is 19.1 Å². The molecule has 3 fully saturated rings. The number of carbonyl (C=O) groups is 2. The van der Waals surface area contributed by atoms with Crippen LogP contribution < -0.4 is 31.3 Å². The molecule has 4 aliphatic rings. The van der Waals surface area contributed by atoms with E-state index in [9.17, 15) is 19.5 Å². The molecular weight excluding hydrogens is 802 g/mol. The molecule has 0 radical (unpaired) electrons. The molecule has 330 valence electrons. The maximum absolute atomic E-state index is 15.3. The number of nitrogens with zero attached hydrogens (tertiary/aromatic N) is 8. The molecule has 2 aromatic carbocycles. The highest BCUT2D eigenvalue weighted by Gasteiger charge is 2.38. The summed E-state index contributed by atoms with van der Waals surface area (Å²) in [5.41, 5.74) is 3.88. The molecule has 2 amide bonds. The molecule has 0 bridgehead atoms. The van der Waals surface area contributed by atoms with Gasteiger partial charge in [0.05, 0.1) is 17.9 Å². The minimum atomic E-state index is -1.00. The fourth-order valence-corrected chi connectivity index (χ4v) is 9.97. The van der Waals surface area contributed by atoms with Gasteiger partial charge in [-0.3, -0.25) is 24.6 Å². The third kappa shape index (κ3) is 8.29. The number of aliphatic hydroxyl groups is 1.